The summed E-state index contributed by atoms with van der Waals surface area (Å²) in [5.41, 5.74) is 3.93. The van der Waals surface area contributed by atoms with Gasteiger partial charge in [-0.15, -0.1) is 0 Å². The molecule has 1 atom stereocenters. The highest BCUT2D eigenvalue weighted by molar-refractivity contribution is 5.99. The molecular weight excluding hydrogens is 312 g/mol. The molecule has 1 aliphatic heterocycles. The molecule has 128 valence electrons. The van der Waals surface area contributed by atoms with E-state index in [1.165, 1.54) is 10.9 Å². The molecule has 3 aromatic rings. The van der Waals surface area contributed by atoms with E-state index in [4.69, 9.17) is 0 Å². The SMILES string of the molecule is CC1N(CCCc2c[nH]c3ccccc23)C(=O)c2ncccc2N1C. The van der Waals surface area contributed by atoms with Crippen LogP contribution >= 0.6 is 0 Å². The Balaban J connectivity index is 1.48. The van der Waals surface area contributed by atoms with E-state index >= 15 is 0 Å². The van der Waals surface area contributed by atoms with Gasteiger partial charge < -0.3 is 14.8 Å². The van der Waals surface area contributed by atoms with E-state index in [1.807, 2.05) is 30.1 Å². The van der Waals surface area contributed by atoms with Crippen LogP contribution in [0.5, 0.6) is 0 Å². The van der Waals surface area contributed by atoms with Gasteiger partial charge in [0.15, 0.2) is 5.69 Å². The first-order valence-electron chi connectivity index (χ1n) is 8.70. The van der Waals surface area contributed by atoms with Crippen molar-refractivity contribution in [3.05, 3.63) is 60.0 Å². The minimum absolute atomic E-state index is 0.0279. The standard InChI is InChI=1S/C20H22N4O/c1-14-23(2)18-10-5-11-21-19(18)20(25)24(14)12-6-7-15-13-22-17-9-4-3-8-16(15)17/h3-5,8-11,13-14,22H,6-7,12H2,1-2H3. The number of aromatic nitrogens is 2. The largest absolute Gasteiger partial charge is 0.361 e. The number of carbonyl (C=O) groups excluding carboxylic acids is 1. The molecule has 0 saturated heterocycles. The fraction of sp³-hybridized carbons (Fsp3) is 0.300. The van der Waals surface area contributed by atoms with Gasteiger partial charge in [-0.05, 0) is 43.5 Å². The van der Waals surface area contributed by atoms with Crippen molar-refractivity contribution in [1.82, 2.24) is 14.9 Å². The third kappa shape index (κ3) is 2.65. The highest BCUT2D eigenvalue weighted by atomic mass is 16.2. The molecule has 1 N–H and O–H groups in total. The van der Waals surface area contributed by atoms with Crippen LogP contribution in [-0.2, 0) is 6.42 Å². The van der Waals surface area contributed by atoms with Crippen LogP contribution in [0.15, 0.2) is 48.8 Å². The quantitative estimate of drug-likeness (QED) is 0.795. The van der Waals surface area contributed by atoms with Crippen molar-refractivity contribution in [3.63, 3.8) is 0 Å². The second kappa shape index (κ2) is 6.24. The number of fused-ring (bicyclic) bond motifs is 2. The number of H-pyrrole nitrogens is 1. The van der Waals surface area contributed by atoms with E-state index in [0.717, 1.165) is 30.6 Å². The number of benzene rings is 1. The lowest BCUT2D eigenvalue weighted by Crippen LogP contribution is -2.52. The van der Waals surface area contributed by atoms with Crippen LogP contribution in [0.3, 0.4) is 0 Å². The Morgan fingerprint density at radius 2 is 2.04 bits per heavy atom. The number of pyridine rings is 1. The van der Waals surface area contributed by atoms with Gasteiger partial charge in [0.05, 0.1) is 5.69 Å². The smallest absolute Gasteiger partial charge is 0.276 e. The van der Waals surface area contributed by atoms with Crippen molar-refractivity contribution in [2.24, 2.45) is 0 Å². The molecule has 1 aliphatic rings. The second-order valence-electron chi connectivity index (χ2n) is 6.58. The monoisotopic (exact) mass is 334 g/mol. The van der Waals surface area contributed by atoms with E-state index in [0.29, 0.717) is 5.69 Å². The lowest BCUT2D eigenvalue weighted by molar-refractivity contribution is 0.0663. The summed E-state index contributed by atoms with van der Waals surface area (Å²) >= 11 is 0. The van der Waals surface area contributed by atoms with Crippen molar-refractivity contribution in [1.29, 1.82) is 0 Å². The predicted octanol–water partition coefficient (Wildman–Crippen LogP) is 3.43. The lowest BCUT2D eigenvalue weighted by atomic mass is 10.1. The maximum Gasteiger partial charge on any atom is 0.276 e. The summed E-state index contributed by atoms with van der Waals surface area (Å²) in [4.78, 5) is 24.5. The zero-order chi connectivity index (χ0) is 17.4. The maximum absolute atomic E-state index is 12.8. The molecular formula is C20H22N4O. The number of hydrogen-bond acceptors (Lipinski definition) is 3. The molecule has 0 radical (unpaired) electrons. The fourth-order valence-electron chi connectivity index (χ4n) is 3.63. The summed E-state index contributed by atoms with van der Waals surface area (Å²) in [5.74, 6) is 0.0279. The van der Waals surface area contributed by atoms with Crippen molar-refractivity contribution >= 4 is 22.5 Å². The first-order chi connectivity index (χ1) is 12.2. The number of aromatic amines is 1. The third-order valence-corrected chi connectivity index (χ3v) is 5.16. The molecule has 2 aromatic heterocycles. The van der Waals surface area contributed by atoms with Gasteiger partial charge in [0, 0.05) is 36.9 Å². The summed E-state index contributed by atoms with van der Waals surface area (Å²) in [6.45, 7) is 2.79. The number of aryl methyl sites for hydroxylation is 1. The zero-order valence-corrected chi connectivity index (χ0v) is 14.6. The normalized spacial score (nSPS) is 17.2. The molecule has 1 amide bonds. The van der Waals surface area contributed by atoms with Crippen LogP contribution in [0.4, 0.5) is 5.69 Å². The molecule has 25 heavy (non-hydrogen) atoms. The number of nitrogens with zero attached hydrogens (tertiary/aromatic N) is 3. The van der Waals surface area contributed by atoms with E-state index in [-0.39, 0.29) is 12.1 Å². The molecule has 4 rings (SSSR count). The van der Waals surface area contributed by atoms with E-state index in [9.17, 15) is 4.79 Å². The Labute approximate surface area is 147 Å². The minimum atomic E-state index is 0.0279. The Kier molecular flexibility index (Phi) is 3.92. The van der Waals surface area contributed by atoms with Gasteiger partial charge >= 0.3 is 0 Å². The molecule has 1 unspecified atom stereocenters. The average Bonchev–Trinajstić information content (AvgIpc) is 3.06. The molecule has 1 aromatic carbocycles. The topological polar surface area (TPSA) is 52.2 Å². The van der Waals surface area contributed by atoms with Crippen LogP contribution in [0.1, 0.15) is 29.4 Å². The molecule has 0 spiro atoms. The summed E-state index contributed by atoms with van der Waals surface area (Å²) in [5, 5.41) is 1.27. The van der Waals surface area contributed by atoms with Crippen LogP contribution in [-0.4, -0.2) is 40.5 Å². The van der Waals surface area contributed by atoms with Crippen LogP contribution in [0.2, 0.25) is 0 Å². The Morgan fingerprint density at radius 1 is 1.20 bits per heavy atom. The van der Waals surface area contributed by atoms with Gasteiger partial charge in [-0.3, -0.25) is 4.79 Å². The van der Waals surface area contributed by atoms with E-state index in [1.54, 1.807) is 6.20 Å². The number of carbonyl (C=O) groups is 1. The average molecular weight is 334 g/mol. The Bertz CT molecular complexity index is 917. The van der Waals surface area contributed by atoms with Gasteiger partial charge in [0.1, 0.15) is 6.17 Å². The van der Waals surface area contributed by atoms with Crippen molar-refractivity contribution in [2.75, 3.05) is 18.5 Å². The van der Waals surface area contributed by atoms with Crippen molar-refractivity contribution < 1.29 is 4.79 Å². The fourth-order valence-corrected chi connectivity index (χ4v) is 3.63. The van der Waals surface area contributed by atoms with Crippen LogP contribution < -0.4 is 4.90 Å². The summed E-state index contributed by atoms with van der Waals surface area (Å²) in [6.07, 6.45) is 5.67. The summed E-state index contributed by atoms with van der Waals surface area (Å²) in [6, 6.07) is 12.2. The first kappa shape index (κ1) is 15.7. The summed E-state index contributed by atoms with van der Waals surface area (Å²) in [7, 11) is 2.02. The van der Waals surface area contributed by atoms with Crippen LogP contribution in [0, 0.1) is 0 Å². The number of anilines is 1. The molecule has 5 nitrogen and oxygen atoms in total. The molecule has 0 bridgehead atoms. The second-order valence-corrected chi connectivity index (χ2v) is 6.58. The lowest BCUT2D eigenvalue weighted by Gasteiger charge is -2.41. The zero-order valence-electron chi connectivity index (χ0n) is 14.6. The minimum Gasteiger partial charge on any atom is -0.361 e. The van der Waals surface area contributed by atoms with Gasteiger partial charge in [-0.25, -0.2) is 4.98 Å². The molecule has 5 heteroatoms. The third-order valence-electron chi connectivity index (χ3n) is 5.16. The van der Waals surface area contributed by atoms with Crippen molar-refractivity contribution in [3.8, 4) is 0 Å². The number of hydrogen-bond donors (Lipinski definition) is 1. The molecule has 0 saturated carbocycles. The van der Waals surface area contributed by atoms with Crippen molar-refractivity contribution in [2.45, 2.75) is 25.9 Å². The Hall–Kier alpha value is -2.82. The highest BCUT2D eigenvalue weighted by Gasteiger charge is 2.33. The Morgan fingerprint density at radius 3 is 2.92 bits per heavy atom. The molecule has 0 aliphatic carbocycles. The van der Waals surface area contributed by atoms with Gasteiger partial charge in [-0.1, -0.05) is 18.2 Å². The van der Waals surface area contributed by atoms with Gasteiger partial charge in [-0.2, -0.15) is 0 Å². The number of para-hydroxylation sites is 1. The number of nitrogens with one attached hydrogen (secondary N) is 1. The molecule has 3 heterocycles. The highest BCUT2D eigenvalue weighted by Crippen LogP contribution is 2.28. The van der Waals surface area contributed by atoms with Gasteiger partial charge in [0.25, 0.3) is 5.91 Å². The van der Waals surface area contributed by atoms with E-state index in [2.05, 4.69) is 46.2 Å². The summed E-state index contributed by atoms with van der Waals surface area (Å²) < 4.78 is 0. The number of amides is 1. The first-order valence-corrected chi connectivity index (χ1v) is 8.70. The van der Waals surface area contributed by atoms with Gasteiger partial charge in [0.2, 0.25) is 0 Å². The van der Waals surface area contributed by atoms with Crippen LogP contribution in [0.25, 0.3) is 10.9 Å². The van der Waals surface area contributed by atoms with E-state index < -0.39 is 0 Å². The number of rotatable bonds is 4. The predicted molar refractivity (Wildman–Crippen MR) is 99.8 cm³/mol. The maximum atomic E-state index is 12.8. The molecule has 0 fully saturated rings.